The molecule has 79 heavy (non-hydrogen) atoms. The lowest BCUT2D eigenvalue weighted by Crippen LogP contribution is -2.18. The Morgan fingerprint density at radius 3 is 0.633 bits per heavy atom. The molecule has 424 valence electrons. The molecule has 0 amide bonds. The van der Waals surface area contributed by atoms with E-state index in [0.717, 1.165) is 77.3 Å². The Kier molecular flexibility index (Phi) is 15.2. The van der Waals surface area contributed by atoms with E-state index in [4.69, 9.17) is 25.8 Å². The zero-order chi connectivity index (χ0) is 58.8. The van der Waals surface area contributed by atoms with Crippen molar-refractivity contribution in [2.75, 3.05) is 0 Å². The van der Waals surface area contributed by atoms with Crippen molar-refractivity contribution in [1.82, 2.24) is 0 Å². The van der Waals surface area contributed by atoms with Crippen LogP contribution >= 0.6 is 16.5 Å². The molecular weight excluding hydrogens is 1010 g/mol. The number of benzene rings is 6. The van der Waals surface area contributed by atoms with Crippen molar-refractivity contribution < 1.29 is 25.8 Å². The normalized spacial score (nSPS) is 13.7. The second kappa shape index (κ2) is 20.0. The van der Waals surface area contributed by atoms with Crippen LogP contribution in [0.4, 0.5) is 0 Å². The number of hydrogen-bond donors (Lipinski definition) is 0. The van der Waals surface area contributed by atoms with E-state index in [9.17, 15) is 0 Å². The summed E-state index contributed by atoms with van der Waals surface area (Å²) in [7, 11) is -3.87. The third kappa shape index (κ3) is 12.5. The van der Waals surface area contributed by atoms with Crippen LogP contribution in [0.5, 0.6) is 11.5 Å². The number of fused-ring (bicyclic) bond motifs is 6. The Morgan fingerprint density at radius 2 is 0.456 bits per heavy atom. The quantitative estimate of drug-likeness (QED) is 0.165. The van der Waals surface area contributed by atoms with Gasteiger partial charge >= 0.3 is 16.5 Å². The lowest BCUT2D eigenvalue weighted by molar-refractivity contribution is 0.486. The Balaban J connectivity index is 1.20. The van der Waals surface area contributed by atoms with E-state index in [2.05, 4.69) is 253 Å². The molecule has 0 bridgehead atoms. The van der Waals surface area contributed by atoms with E-state index in [1.54, 1.807) is 0 Å². The highest BCUT2D eigenvalue weighted by Gasteiger charge is 2.32. The molecule has 8 heteroatoms. The van der Waals surface area contributed by atoms with E-state index in [0.29, 0.717) is 11.5 Å². The van der Waals surface area contributed by atoms with Crippen molar-refractivity contribution in [3.8, 4) is 11.5 Å². The van der Waals surface area contributed by atoms with Crippen LogP contribution in [0.2, 0.25) is 0 Å². The highest BCUT2D eigenvalue weighted by Crippen LogP contribution is 2.49. The van der Waals surface area contributed by atoms with E-state index in [1.807, 2.05) is 24.3 Å². The summed E-state index contributed by atoms with van der Waals surface area (Å²) in [5, 5.41) is 4.19. The first-order valence-corrected chi connectivity index (χ1v) is 30.8. The first-order chi connectivity index (χ1) is 35.9. The van der Waals surface area contributed by atoms with Crippen molar-refractivity contribution >= 4 is 60.4 Å². The van der Waals surface area contributed by atoms with Gasteiger partial charge in [-0.05, 0) is 125 Å². The zero-order valence-electron chi connectivity index (χ0n) is 53.1. The average Bonchev–Trinajstić information content (AvgIpc) is 3.91. The molecular formula is C71H94O6P2. The van der Waals surface area contributed by atoms with Gasteiger partial charge in [0.05, 0.1) is 0 Å². The maximum Gasteiger partial charge on any atom is 0.453 e. The van der Waals surface area contributed by atoms with Gasteiger partial charge in [-0.25, -0.2) is 0 Å². The average molecular weight is 1110 g/mol. The van der Waals surface area contributed by atoms with Crippen LogP contribution < -0.4 is 9.05 Å². The Morgan fingerprint density at radius 1 is 0.253 bits per heavy atom. The molecule has 0 radical (unpaired) electrons. The standard InChI is InChI=1S/C71H94O6P2/c1-63(2,3)45-35-51-52-36-46(64(4,5)6)40-56(68(16,17)18)60(52)75-78(74-59(51)55(39-45)67(13,14)15)72-49-31-27-43(28-32-49)71(25,26)44-29-33-50(34-30-44)73-79-76-61-53(37-47(65(7,8)9)41-57(61)69(19,20)21)54-38-48(66(10,11)12)42-58(62(54)77-79)70(22,23)24/h27-42H,1-26H3. The zero-order valence-corrected chi connectivity index (χ0v) is 54.9. The topological polar surface area (TPSA) is 71.0 Å². The monoisotopic (exact) mass is 1100 g/mol. The summed E-state index contributed by atoms with van der Waals surface area (Å²) in [6.07, 6.45) is 0. The Hall–Kier alpha value is -5.28. The molecule has 0 saturated heterocycles. The molecule has 2 aromatic heterocycles. The minimum absolute atomic E-state index is 0.0917. The molecule has 0 N–H and O–H groups in total. The van der Waals surface area contributed by atoms with Crippen molar-refractivity contribution in [3.05, 3.63) is 153 Å². The van der Waals surface area contributed by atoms with E-state index >= 15 is 0 Å². The number of hydrogen-bond acceptors (Lipinski definition) is 6. The molecule has 0 unspecified atom stereocenters. The fourth-order valence-corrected chi connectivity index (χ4v) is 12.5. The summed E-state index contributed by atoms with van der Waals surface area (Å²) in [5.74, 6) is 1.35. The fourth-order valence-electron chi connectivity index (χ4n) is 10.3. The van der Waals surface area contributed by atoms with Crippen molar-refractivity contribution in [2.45, 2.75) is 229 Å². The lowest BCUT2D eigenvalue weighted by atomic mass is 9.77. The smallest absolute Gasteiger partial charge is 0.391 e. The van der Waals surface area contributed by atoms with Crippen LogP contribution in [-0.4, -0.2) is 0 Å². The van der Waals surface area contributed by atoms with Crippen LogP contribution in [0, 0.1) is 0 Å². The minimum atomic E-state index is -1.93. The molecule has 8 aromatic rings. The number of rotatable bonds is 6. The Bertz CT molecular complexity index is 3250. The minimum Gasteiger partial charge on any atom is -0.391 e. The summed E-state index contributed by atoms with van der Waals surface area (Å²) >= 11 is 0. The molecule has 2 heterocycles. The SMILES string of the molecule is CC(C)(C)c1cc(C(C)(C)C)c2op(Oc3ccc(C(C)(C)c4ccc(Op5oc6c(C(C)(C)C)cc(C(C)(C)C)cc6c6cc(C(C)(C)C)cc(C(C)(C)C)c6o5)cc4)cc3)oc3c(C(C)(C)C)cc(C(C)(C)C)cc3c2c1. The maximum atomic E-state index is 7.10. The highest BCUT2D eigenvalue weighted by atomic mass is 31.1. The highest BCUT2D eigenvalue weighted by molar-refractivity contribution is 7.32. The molecule has 0 aliphatic carbocycles. The third-order valence-electron chi connectivity index (χ3n) is 15.8. The molecule has 6 aromatic carbocycles. The van der Waals surface area contributed by atoms with Crippen LogP contribution in [0.25, 0.3) is 43.9 Å². The molecule has 0 aliphatic rings. The first-order valence-electron chi connectivity index (χ1n) is 28.6. The van der Waals surface area contributed by atoms with E-state index in [-0.39, 0.29) is 48.7 Å². The molecule has 0 atom stereocenters. The van der Waals surface area contributed by atoms with Crippen LogP contribution in [0.15, 0.2) is 114 Å². The largest absolute Gasteiger partial charge is 0.453 e. The van der Waals surface area contributed by atoms with E-state index in [1.165, 1.54) is 22.3 Å². The summed E-state index contributed by atoms with van der Waals surface area (Å²) < 4.78 is 42.1. The summed E-state index contributed by atoms with van der Waals surface area (Å²) in [6, 6.07) is 35.4. The predicted octanol–water partition coefficient (Wildman–Crippen LogP) is 23.3. The van der Waals surface area contributed by atoms with Gasteiger partial charge in [0, 0.05) is 49.2 Å². The molecule has 8 rings (SSSR count). The second-order valence-corrected chi connectivity index (χ2v) is 33.3. The van der Waals surface area contributed by atoms with Crippen molar-refractivity contribution in [3.63, 3.8) is 0 Å². The lowest BCUT2D eigenvalue weighted by Gasteiger charge is -2.27. The third-order valence-corrected chi connectivity index (χ3v) is 17.9. The molecule has 0 spiro atoms. The van der Waals surface area contributed by atoms with Crippen molar-refractivity contribution in [1.29, 1.82) is 0 Å². The van der Waals surface area contributed by atoms with Gasteiger partial charge in [-0.2, -0.15) is 0 Å². The maximum absolute atomic E-state index is 7.10. The molecule has 0 saturated carbocycles. The summed E-state index contributed by atoms with van der Waals surface area (Å²) in [6.45, 7) is 59.0. The van der Waals surface area contributed by atoms with Gasteiger partial charge in [0.25, 0.3) is 0 Å². The molecule has 0 aliphatic heterocycles. The van der Waals surface area contributed by atoms with Gasteiger partial charge in [0.2, 0.25) is 0 Å². The van der Waals surface area contributed by atoms with Gasteiger partial charge in [0.15, 0.2) is 0 Å². The predicted molar refractivity (Wildman–Crippen MR) is 339 cm³/mol. The van der Waals surface area contributed by atoms with Gasteiger partial charge in [-0.1, -0.05) is 229 Å². The fraction of sp³-hybridized carbons (Fsp3) is 0.493. The first kappa shape index (κ1) is 59.8. The summed E-state index contributed by atoms with van der Waals surface area (Å²) in [5.41, 5.74) is 13.5. The van der Waals surface area contributed by atoms with E-state index < -0.39 is 16.5 Å². The van der Waals surface area contributed by atoms with Gasteiger partial charge in [0.1, 0.15) is 33.8 Å². The Labute approximate surface area is 476 Å². The van der Waals surface area contributed by atoms with Crippen LogP contribution in [0.1, 0.15) is 236 Å². The van der Waals surface area contributed by atoms with Gasteiger partial charge < -0.3 is 25.8 Å². The van der Waals surface area contributed by atoms with Gasteiger partial charge in [-0.3, -0.25) is 0 Å². The summed E-state index contributed by atoms with van der Waals surface area (Å²) in [4.78, 5) is 0. The van der Waals surface area contributed by atoms with Crippen LogP contribution in [0.3, 0.4) is 0 Å². The molecule has 0 fully saturated rings. The van der Waals surface area contributed by atoms with Crippen LogP contribution in [-0.2, 0) is 48.7 Å². The van der Waals surface area contributed by atoms with Crippen molar-refractivity contribution in [2.24, 2.45) is 0 Å². The second-order valence-electron chi connectivity index (χ2n) is 31.3. The van der Waals surface area contributed by atoms with Gasteiger partial charge in [-0.15, -0.1) is 0 Å². The molecule has 6 nitrogen and oxygen atoms in total.